The first-order chi connectivity index (χ1) is 10.1. The molecule has 114 valence electrons. The number of benzene rings is 1. The monoisotopic (exact) mass is 290 g/mol. The van der Waals surface area contributed by atoms with E-state index in [2.05, 4.69) is 6.07 Å². The summed E-state index contributed by atoms with van der Waals surface area (Å²) in [6.07, 6.45) is 0.620. The minimum Gasteiger partial charge on any atom is -0.445 e. The fourth-order valence-corrected chi connectivity index (χ4v) is 2.46. The van der Waals surface area contributed by atoms with Crippen LogP contribution in [0.5, 0.6) is 0 Å². The van der Waals surface area contributed by atoms with Gasteiger partial charge in [0.1, 0.15) is 12.9 Å². The van der Waals surface area contributed by atoms with Gasteiger partial charge in [-0.25, -0.2) is 4.79 Å². The second-order valence-electron chi connectivity index (χ2n) is 5.44. The molecule has 0 atom stereocenters. The van der Waals surface area contributed by atoms with Crippen LogP contribution >= 0.6 is 0 Å². The van der Waals surface area contributed by atoms with Gasteiger partial charge in [-0.3, -0.25) is 4.90 Å². The van der Waals surface area contributed by atoms with Crippen LogP contribution in [0, 0.1) is 13.8 Å². The van der Waals surface area contributed by atoms with E-state index in [0.29, 0.717) is 26.2 Å². The summed E-state index contributed by atoms with van der Waals surface area (Å²) in [5, 5.41) is 0. The summed E-state index contributed by atoms with van der Waals surface area (Å²) < 4.78 is 5.38. The highest BCUT2D eigenvalue weighted by molar-refractivity contribution is 5.67. The molecule has 1 aliphatic heterocycles. The molecule has 0 unspecified atom stereocenters. The molecule has 0 radical (unpaired) electrons. The Kier molecular flexibility index (Phi) is 5.33. The lowest BCUT2D eigenvalue weighted by molar-refractivity contribution is -0.109. The Hall–Kier alpha value is -1.88. The first-order valence-electron chi connectivity index (χ1n) is 7.24. The van der Waals surface area contributed by atoms with Crippen LogP contribution in [0.2, 0.25) is 0 Å². The SMILES string of the molecule is Cc1ccc(COC(=O)N2CCN(CC=O)CC2)c(C)c1. The molecule has 1 aromatic carbocycles. The van der Waals surface area contributed by atoms with Gasteiger partial charge >= 0.3 is 6.09 Å². The molecule has 1 saturated heterocycles. The molecule has 0 saturated carbocycles. The Balaban J connectivity index is 1.81. The van der Waals surface area contributed by atoms with Crippen molar-refractivity contribution in [1.82, 2.24) is 9.80 Å². The lowest BCUT2D eigenvalue weighted by Gasteiger charge is -2.32. The summed E-state index contributed by atoms with van der Waals surface area (Å²) in [7, 11) is 0. The molecule has 2 rings (SSSR count). The van der Waals surface area contributed by atoms with Crippen molar-refractivity contribution >= 4 is 12.4 Å². The number of aryl methyl sites for hydroxylation is 2. The molecule has 1 fully saturated rings. The molecule has 0 aliphatic carbocycles. The third kappa shape index (κ3) is 4.29. The van der Waals surface area contributed by atoms with Gasteiger partial charge < -0.3 is 14.4 Å². The standard InChI is InChI=1S/C16H22N2O3/c1-13-3-4-15(14(2)11-13)12-21-16(20)18-7-5-17(6-8-18)9-10-19/h3-4,10-11H,5-9,12H2,1-2H3. The van der Waals surface area contributed by atoms with E-state index in [1.165, 1.54) is 5.56 Å². The second kappa shape index (κ2) is 7.22. The third-order valence-electron chi connectivity index (χ3n) is 3.81. The van der Waals surface area contributed by atoms with Gasteiger partial charge in [-0.1, -0.05) is 23.8 Å². The Morgan fingerprint density at radius 2 is 1.95 bits per heavy atom. The van der Waals surface area contributed by atoms with E-state index < -0.39 is 0 Å². The minimum absolute atomic E-state index is 0.277. The third-order valence-corrected chi connectivity index (χ3v) is 3.81. The Morgan fingerprint density at radius 1 is 1.24 bits per heavy atom. The largest absolute Gasteiger partial charge is 0.445 e. The van der Waals surface area contributed by atoms with Crippen LogP contribution in [0.3, 0.4) is 0 Å². The van der Waals surface area contributed by atoms with Crippen molar-refractivity contribution in [3.63, 3.8) is 0 Å². The van der Waals surface area contributed by atoms with Crippen molar-refractivity contribution < 1.29 is 14.3 Å². The number of rotatable bonds is 4. The van der Waals surface area contributed by atoms with Gasteiger partial charge in [0.05, 0.1) is 6.54 Å². The van der Waals surface area contributed by atoms with E-state index in [0.717, 1.165) is 30.5 Å². The minimum atomic E-state index is -0.277. The fraction of sp³-hybridized carbons (Fsp3) is 0.500. The van der Waals surface area contributed by atoms with Crippen LogP contribution in [0.15, 0.2) is 18.2 Å². The fourth-order valence-electron chi connectivity index (χ4n) is 2.46. The van der Waals surface area contributed by atoms with E-state index in [1.54, 1.807) is 4.90 Å². The highest BCUT2D eigenvalue weighted by atomic mass is 16.6. The highest BCUT2D eigenvalue weighted by Gasteiger charge is 2.21. The summed E-state index contributed by atoms with van der Waals surface area (Å²) in [6.45, 7) is 7.47. The molecule has 1 aromatic rings. The van der Waals surface area contributed by atoms with Crippen molar-refractivity contribution in [2.45, 2.75) is 20.5 Å². The van der Waals surface area contributed by atoms with Crippen molar-refractivity contribution in [3.8, 4) is 0 Å². The number of hydrogen-bond acceptors (Lipinski definition) is 4. The summed E-state index contributed by atoms with van der Waals surface area (Å²) >= 11 is 0. The first-order valence-corrected chi connectivity index (χ1v) is 7.24. The van der Waals surface area contributed by atoms with E-state index in [9.17, 15) is 9.59 Å². The van der Waals surface area contributed by atoms with Crippen LogP contribution in [0.1, 0.15) is 16.7 Å². The number of amides is 1. The number of aldehydes is 1. The normalized spacial score (nSPS) is 15.8. The molecule has 0 aromatic heterocycles. The quantitative estimate of drug-likeness (QED) is 0.793. The lowest BCUT2D eigenvalue weighted by Crippen LogP contribution is -2.49. The van der Waals surface area contributed by atoms with Crippen molar-refractivity contribution in [2.24, 2.45) is 0 Å². The maximum Gasteiger partial charge on any atom is 0.410 e. The predicted molar refractivity (Wildman–Crippen MR) is 80.2 cm³/mol. The van der Waals surface area contributed by atoms with Crippen LogP contribution in [-0.4, -0.2) is 54.9 Å². The number of piperazine rings is 1. The van der Waals surface area contributed by atoms with Gasteiger partial charge in [0.25, 0.3) is 0 Å². The predicted octanol–water partition coefficient (Wildman–Crippen LogP) is 1.76. The van der Waals surface area contributed by atoms with Crippen molar-refractivity contribution in [2.75, 3.05) is 32.7 Å². The van der Waals surface area contributed by atoms with Crippen molar-refractivity contribution in [3.05, 3.63) is 34.9 Å². The van der Waals surface area contributed by atoms with Crippen LogP contribution in [0.4, 0.5) is 4.79 Å². The Labute approximate surface area is 125 Å². The van der Waals surface area contributed by atoms with Gasteiger partial charge in [0.15, 0.2) is 0 Å². The molecule has 1 aliphatic rings. The Bertz CT molecular complexity index is 508. The molecule has 1 heterocycles. The molecular weight excluding hydrogens is 268 g/mol. The average Bonchev–Trinajstić information content (AvgIpc) is 2.47. The number of carbonyl (C=O) groups excluding carboxylic acids is 2. The van der Waals surface area contributed by atoms with E-state index in [4.69, 9.17) is 4.74 Å². The number of hydrogen-bond donors (Lipinski definition) is 0. The zero-order chi connectivity index (χ0) is 15.2. The van der Waals surface area contributed by atoms with Gasteiger partial charge in [0.2, 0.25) is 0 Å². The van der Waals surface area contributed by atoms with Crippen molar-refractivity contribution in [1.29, 1.82) is 0 Å². The van der Waals surface area contributed by atoms with Crippen LogP contribution < -0.4 is 0 Å². The topological polar surface area (TPSA) is 49.9 Å². The Morgan fingerprint density at radius 3 is 2.57 bits per heavy atom. The molecule has 1 amide bonds. The van der Waals surface area contributed by atoms with E-state index >= 15 is 0 Å². The van der Waals surface area contributed by atoms with Gasteiger partial charge in [0, 0.05) is 26.2 Å². The highest BCUT2D eigenvalue weighted by Crippen LogP contribution is 2.12. The van der Waals surface area contributed by atoms with Gasteiger partial charge in [-0.05, 0) is 25.0 Å². The summed E-state index contributed by atoms with van der Waals surface area (Å²) in [5.41, 5.74) is 3.38. The molecule has 5 nitrogen and oxygen atoms in total. The summed E-state index contributed by atoms with van der Waals surface area (Å²) in [5.74, 6) is 0. The molecule has 0 N–H and O–H groups in total. The summed E-state index contributed by atoms with van der Waals surface area (Å²) in [4.78, 5) is 26.2. The smallest absolute Gasteiger partial charge is 0.410 e. The molecular formula is C16H22N2O3. The zero-order valence-corrected chi connectivity index (χ0v) is 12.7. The molecule has 5 heteroatoms. The second-order valence-corrected chi connectivity index (χ2v) is 5.44. The first kappa shape index (κ1) is 15.5. The molecule has 0 spiro atoms. The number of ether oxygens (including phenoxy) is 1. The van der Waals surface area contributed by atoms with Gasteiger partial charge in [-0.2, -0.15) is 0 Å². The van der Waals surface area contributed by atoms with E-state index in [-0.39, 0.29) is 6.09 Å². The maximum absolute atomic E-state index is 12.0. The summed E-state index contributed by atoms with van der Waals surface area (Å²) in [6, 6.07) is 6.11. The molecule has 0 bridgehead atoms. The van der Waals surface area contributed by atoms with Crippen LogP contribution in [-0.2, 0) is 16.1 Å². The average molecular weight is 290 g/mol. The zero-order valence-electron chi connectivity index (χ0n) is 12.7. The molecule has 21 heavy (non-hydrogen) atoms. The number of nitrogens with zero attached hydrogens (tertiary/aromatic N) is 2. The maximum atomic E-state index is 12.0. The van der Waals surface area contributed by atoms with E-state index in [1.807, 2.05) is 30.9 Å². The van der Waals surface area contributed by atoms with Gasteiger partial charge in [-0.15, -0.1) is 0 Å². The lowest BCUT2D eigenvalue weighted by atomic mass is 10.1. The van der Waals surface area contributed by atoms with Crippen LogP contribution in [0.25, 0.3) is 0 Å². The number of carbonyl (C=O) groups is 2.